The van der Waals surface area contributed by atoms with E-state index in [1.807, 2.05) is 12.2 Å². The number of hydrogen-bond donors (Lipinski definition) is 0. The average molecular weight is 290 g/mol. The van der Waals surface area contributed by atoms with E-state index in [4.69, 9.17) is 39.5 Å². The summed E-state index contributed by atoms with van der Waals surface area (Å²) >= 11 is 18.0. The number of rotatable bonds is 1. The van der Waals surface area contributed by atoms with E-state index in [0.29, 0.717) is 27.5 Å². The third-order valence-corrected chi connectivity index (χ3v) is 3.60. The summed E-state index contributed by atoms with van der Waals surface area (Å²) < 4.78 is 7.33. The first-order chi connectivity index (χ1) is 8.16. The molecule has 0 saturated heterocycles. The molecule has 0 aliphatic carbocycles. The largest absolute Gasteiger partial charge is 0.364 e. The fourth-order valence-corrected chi connectivity index (χ4v) is 2.43. The van der Waals surface area contributed by atoms with Gasteiger partial charge in [0.2, 0.25) is 0 Å². The molecule has 6 heteroatoms. The van der Waals surface area contributed by atoms with Gasteiger partial charge in [-0.05, 0) is 0 Å². The minimum absolute atomic E-state index is 0.185. The first-order valence-electron chi connectivity index (χ1n) is 4.97. The summed E-state index contributed by atoms with van der Waals surface area (Å²) in [5.74, 6) is 0. The Kier molecular flexibility index (Phi) is 2.79. The van der Waals surface area contributed by atoms with Crippen LogP contribution in [0.1, 0.15) is 11.8 Å². The molecule has 0 spiro atoms. The number of aromatic nitrogens is 2. The lowest BCUT2D eigenvalue weighted by molar-refractivity contribution is 0.125. The molecular formula is C11H7Cl3N2O. The van der Waals surface area contributed by atoms with Crippen LogP contribution in [-0.2, 0) is 4.74 Å². The molecule has 2 aromatic heterocycles. The highest BCUT2D eigenvalue weighted by Gasteiger charge is 2.22. The van der Waals surface area contributed by atoms with Gasteiger partial charge in [-0.25, -0.2) is 4.98 Å². The molecule has 1 aliphatic heterocycles. The van der Waals surface area contributed by atoms with Crippen molar-refractivity contribution in [2.75, 3.05) is 6.61 Å². The zero-order chi connectivity index (χ0) is 12.0. The molecule has 2 aromatic rings. The van der Waals surface area contributed by atoms with Crippen molar-refractivity contribution < 1.29 is 4.74 Å². The molecule has 0 N–H and O–H groups in total. The summed E-state index contributed by atoms with van der Waals surface area (Å²) in [4.78, 5) is 4.23. The van der Waals surface area contributed by atoms with Crippen molar-refractivity contribution in [2.45, 2.75) is 6.10 Å². The molecule has 0 amide bonds. The summed E-state index contributed by atoms with van der Waals surface area (Å²) in [5.41, 5.74) is 1.43. The van der Waals surface area contributed by atoms with Gasteiger partial charge in [0.25, 0.3) is 0 Å². The highest BCUT2D eigenvalue weighted by molar-refractivity contribution is 6.42. The quantitative estimate of drug-likeness (QED) is 0.744. The molecule has 0 saturated carbocycles. The lowest BCUT2D eigenvalue weighted by Gasteiger charge is -2.09. The predicted molar refractivity (Wildman–Crippen MR) is 68.1 cm³/mol. The van der Waals surface area contributed by atoms with Gasteiger partial charge in [-0.2, -0.15) is 0 Å². The zero-order valence-electron chi connectivity index (χ0n) is 8.53. The van der Waals surface area contributed by atoms with Crippen molar-refractivity contribution in [1.82, 2.24) is 9.38 Å². The fourth-order valence-electron chi connectivity index (χ4n) is 1.85. The van der Waals surface area contributed by atoms with E-state index >= 15 is 0 Å². The Bertz CT molecular complexity index is 621. The molecule has 0 fully saturated rings. The van der Waals surface area contributed by atoms with Crippen molar-refractivity contribution in [3.05, 3.63) is 45.3 Å². The van der Waals surface area contributed by atoms with Gasteiger partial charge in [-0.1, -0.05) is 47.0 Å². The minimum atomic E-state index is -0.185. The SMILES string of the molecule is Clc1cc2nc(Cl)c(C3C=CCO3)n2cc1Cl. The van der Waals surface area contributed by atoms with Crippen LogP contribution in [0.25, 0.3) is 5.65 Å². The van der Waals surface area contributed by atoms with Crippen LogP contribution in [0.15, 0.2) is 24.4 Å². The molecule has 1 unspecified atom stereocenters. The second-order valence-corrected chi connectivity index (χ2v) is 4.84. The molecular weight excluding hydrogens is 282 g/mol. The Morgan fingerprint density at radius 2 is 2.12 bits per heavy atom. The summed E-state index contributed by atoms with van der Waals surface area (Å²) in [6, 6.07) is 1.68. The van der Waals surface area contributed by atoms with Crippen LogP contribution in [0.2, 0.25) is 15.2 Å². The lowest BCUT2D eigenvalue weighted by Crippen LogP contribution is -2.01. The van der Waals surface area contributed by atoms with Gasteiger partial charge >= 0.3 is 0 Å². The topological polar surface area (TPSA) is 26.5 Å². The predicted octanol–water partition coefficient (Wildman–Crippen LogP) is 3.92. The molecule has 1 atom stereocenters. The number of nitrogens with zero attached hydrogens (tertiary/aromatic N) is 2. The first-order valence-corrected chi connectivity index (χ1v) is 6.11. The molecule has 0 bridgehead atoms. The maximum atomic E-state index is 6.12. The van der Waals surface area contributed by atoms with Crippen molar-refractivity contribution in [3.8, 4) is 0 Å². The molecule has 3 heterocycles. The monoisotopic (exact) mass is 288 g/mol. The van der Waals surface area contributed by atoms with Crippen LogP contribution in [0.5, 0.6) is 0 Å². The van der Waals surface area contributed by atoms with Crippen molar-refractivity contribution >= 4 is 40.4 Å². The van der Waals surface area contributed by atoms with Crippen LogP contribution in [0.4, 0.5) is 0 Å². The summed E-state index contributed by atoms with van der Waals surface area (Å²) in [6.45, 7) is 0.579. The fraction of sp³-hybridized carbons (Fsp3) is 0.182. The second-order valence-electron chi connectivity index (χ2n) is 3.67. The smallest absolute Gasteiger partial charge is 0.154 e. The van der Waals surface area contributed by atoms with Gasteiger partial charge in [0.15, 0.2) is 5.15 Å². The molecule has 1 aliphatic rings. The van der Waals surface area contributed by atoms with Gasteiger partial charge in [-0.15, -0.1) is 0 Å². The lowest BCUT2D eigenvalue weighted by atomic mass is 10.2. The Balaban J connectivity index is 2.26. The zero-order valence-corrected chi connectivity index (χ0v) is 10.8. The number of hydrogen-bond acceptors (Lipinski definition) is 2. The Labute approximate surface area is 113 Å². The van der Waals surface area contributed by atoms with Crippen LogP contribution >= 0.6 is 34.8 Å². The molecule has 3 nitrogen and oxygen atoms in total. The van der Waals surface area contributed by atoms with E-state index in [-0.39, 0.29) is 6.10 Å². The van der Waals surface area contributed by atoms with E-state index in [1.54, 1.807) is 16.7 Å². The van der Waals surface area contributed by atoms with Crippen LogP contribution in [-0.4, -0.2) is 16.0 Å². The van der Waals surface area contributed by atoms with E-state index in [0.717, 1.165) is 5.69 Å². The number of imidazole rings is 1. The van der Waals surface area contributed by atoms with Gasteiger partial charge < -0.3 is 4.74 Å². The maximum Gasteiger partial charge on any atom is 0.154 e. The van der Waals surface area contributed by atoms with Crippen LogP contribution < -0.4 is 0 Å². The summed E-state index contributed by atoms with van der Waals surface area (Å²) in [7, 11) is 0. The van der Waals surface area contributed by atoms with Gasteiger partial charge in [0.05, 0.1) is 22.3 Å². The molecule has 0 radical (unpaired) electrons. The van der Waals surface area contributed by atoms with Crippen LogP contribution in [0.3, 0.4) is 0 Å². The number of halogens is 3. The third-order valence-electron chi connectivity index (χ3n) is 2.61. The average Bonchev–Trinajstić information content (AvgIpc) is 2.86. The second kappa shape index (κ2) is 4.18. The standard InChI is InChI=1S/C11H7Cl3N2O/c12-6-4-9-15-11(14)10(8-2-1-3-17-8)16(9)5-7(6)13/h1-2,4-5,8H,3H2. The van der Waals surface area contributed by atoms with Gasteiger partial charge in [-0.3, -0.25) is 4.40 Å². The molecule has 3 rings (SSSR count). The van der Waals surface area contributed by atoms with E-state index in [1.165, 1.54) is 0 Å². The maximum absolute atomic E-state index is 6.12. The summed E-state index contributed by atoms with van der Waals surface area (Å²) in [6.07, 6.45) is 5.40. The first kappa shape index (κ1) is 11.4. The molecule has 17 heavy (non-hydrogen) atoms. The van der Waals surface area contributed by atoms with E-state index < -0.39 is 0 Å². The van der Waals surface area contributed by atoms with Crippen molar-refractivity contribution in [3.63, 3.8) is 0 Å². The Morgan fingerprint density at radius 3 is 2.82 bits per heavy atom. The number of pyridine rings is 1. The van der Waals surface area contributed by atoms with Gasteiger partial charge in [0.1, 0.15) is 11.8 Å². The Morgan fingerprint density at radius 1 is 1.29 bits per heavy atom. The number of fused-ring (bicyclic) bond motifs is 1. The van der Waals surface area contributed by atoms with Crippen molar-refractivity contribution in [2.24, 2.45) is 0 Å². The minimum Gasteiger partial charge on any atom is -0.364 e. The van der Waals surface area contributed by atoms with Crippen molar-refractivity contribution in [1.29, 1.82) is 0 Å². The third kappa shape index (κ3) is 1.83. The highest BCUT2D eigenvalue weighted by atomic mass is 35.5. The van der Waals surface area contributed by atoms with E-state index in [9.17, 15) is 0 Å². The number of ether oxygens (including phenoxy) is 1. The summed E-state index contributed by atoms with van der Waals surface area (Å²) in [5, 5.41) is 1.31. The highest BCUT2D eigenvalue weighted by Crippen LogP contribution is 2.32. The molecule has 0 aromatic carbocycles. The molecule has 88 valence electrons. The van der Waals surface area contributed by atoms with Gasteiger partial charge in [0, 0.05) is 12.3 Å². The van der Waals surface area contributed by atoms with Crippen LogP contribution in [0, 0.1) is 0 Å². The Hall–Kier alpha value is -0.740. The normalized spacial score (nSPS) is 19.4. The van der Waals surface area contributed by atoms with E-state index in [2.05, 4.69) is 4.98 Å².